The van der Waals surface area contributed by atoms with Gasteiger partial charge in [0.15, 0.2) is 0 Å². The predicted octanol–water partition coefficient (Wildman–Crippen LogP) is 9.56. The zero-order chi connectivity index (χ0) is 35.0. The largest absolute Gasteiger partial charge is 0.343 e. The highest BCUT2D eigenvalue weighted by atomic mass is 19.1. The highest BCUT2D eigenvalue weighted by Crippen LogP contribution is 2.34. The van der Waals surface area contributed by atoms with Crippen molar-refractivity contribution in [2.45, 2.75) is 104 Å². The minimum atomic E-state index is -0.776. The van der Waals surface area contributed by atoms with Crippen LogP contribution in [0.15, 0.2) is 70.9 Å². The molecule has 7 heteroatoms. The van der Waals surface area contributed by atoms with Crippen molar-refractivity contribution in [1.29, 1.82) is 0 Å². The average Bonchev–Trinajstić information content (AvgIpc) is 3.83. The molecule has 0 aliphatic carbocycles. The van der Waals surface area contributed by atoms with Crippen LogP contribution in [0.5, 0.6) is 0 Å². The lowest BCUT2D eigenvalue weighted by molar-refractivity contribution is -0.134. The molecule has 2 amide bonds. The second-order valence-electron chi connectivity index (χ2n) is 15.1. The van der Waals surface area contributed by atoms with E-state index >= 15 is 0 Å². The summed E-state index contributed by atoms with van der Waals surface area (Å²) in [4.78, 5) is 39.8. The van der Waals surface area contributed by atoms with Crippen LogP contribution < -0.4 is 0 Å². The van der Waals surface area contributed by atoms with E-state index in [1.165, 1.54) is 22.3 Å². The number of carbonyl (C=O) groups is 2. The van der Waals surface area contributed by atoms with Crippen molar-refractivity contribution in [1.82, 2.24) is 9.80 Å². The van der Waals surface area contributed by atoms with E-state index in [1.807, 2.05) is 17.3 Å². The molecule has 0 saturated carbocycles. The van der Waals surface area contributed by atoms with Crippen molar-refractivity contribution in [3.05, 3.63) is 72.1 Å². The Morgan fingerprint density at radius 1 is 0.660 bits per heavy atom. The second-order valence-corrected chi connectivity index (χ2v) is 15.1. The number of allylic oxidation sites excluding steroid dienone is 2. The van der Waals surface area contributed by atoms with E-state index in [0.29, 0.717) is 44.7 Å². The Hall–Kier alpha value is -3.87. The van der Waals surface area contributed by atoms with Crippen molar-refractivity contribution in [3.8, 4) is 11.1 Å². The van der Waals surface area contributed by atoms with Crippen molar-refractivity contribution in [2.75, 3.05) is 26.2 Å². The lowest BCUT2D eigenvalue weighted by Crippen LogP contribution is -2.40. The molecule has 6 rings (SSSR count). The Bertz CT molecular complexity index is 1490. The minimum Gasteiger partial charge on any atom is -0.343 e. The first-order valence-corrected chi connectivity index (χ1v) is 19.2. The molecule has 6 nitrogen and oxygen atoms in total. The molecule has 2 atom stereocenters. The number of hydrogen-bond acceptors (Lipinski definition) is 4. The molecular weight excluding hydrogens is 623 g/mol. The third-order valence-corrected chi connectivity index (χ3v) is 11.3. The van der Waals surface area contributed by atoms with Gasteiger partial charge in [-0.25, -0.2) is 4.39 Å². The standard InChI is InChI=1S/C43H55FN4O2/c1-4-6-35(26-42(49)47-20-16-30(3)17-21-47)40-24-37(28-45-40)33-12-8-31(9-13-33)32-10-14-34(15-11-32)38-25-41(46-29-38)36(7-5-2)27-43(50)48-22-18-39(44)19-23-48/h8-15,28-30,35-36,39H,4-7,16-27H2,1-3H3/t35-,36-/m1/s1. The summed E-state index contributed by atoms with van der Waals surface area (Å²) in [6.45, 7) is 9.47. The second kappa shape index (κ2) is 16.9. The van der Waals surface area contributed by atoms with Crippen LogP contribution in [-0.2, 0) is 9.59 Å². The normalized spacial score (nSPS) is 19.9. The van der Waals surface area contributed by atoms with Gasteiger partial charge in [0.1, 0.15) is 6.17 Å². The van der Waals surface area contributed by atoms with E-state index in [-0.39, 0.29) is 17.7 Å². The predicted molar refractivity (Wildman–Crippen MR) is 204 cm³/mol. The Morgan fingerprint density at radius 3 is 1.44 bits per heavy atom. The first-order chi connectivity index (χ1) is 24.3. The fourth-order valence-corrected chi connectivity index (χ4v) is 8.01. The molecule has 2 saturated heterocycles. The SMILES string of the molecule is CCC[C@H](CC(=O)N1CCC(C)CC1)C1=NC=C(c2ccc(-c3ccc(C4=CN=C([C@H](CCC)CC(=O)N5CCC(F)CC5)C4)cc3)cc2)C1. The number of piperidine rings is 2. The van der Waals surface area contributed by atoms with Crippen molar-refractivity contribution in [3.63, 3.8) is 0 Å². The minimum absolute atomic E-state index is 0.127. The molecule has 50 heavy (non-hydrogen) atoms. The van der Waals surface area contributed by atoms with Gasteiger partial charge in [0.2, 0.25) is 11.8 Å². The highest BCUT2D eigenvalue weighted by molar-refractivity contribution is 6.02. The maximum Gasteiger partial charge on any atom is 0.223 e. The lowest BCUT2D eigenvalue weighted by Gasteiger charge is -2.31. The van der Waals surface area contributed by atoms with Crippen molar-refractivity contribution < 1.29 is 14.0 Å². The van der Waals surface area contributed by atoms with Gasteiger partial charge < -0.3 is 9.80 Å². The maximum atomic E-state index is 13.6. The number of hydrogen-bond donors (Lipinski definition) is 0. The first-order valence-electron chi connectivity index (χ1n) is 19.2. The molecule has 2 aromatic carbocycles. The third-order valence-electron chi connectivity index (χ3n) is 11.3. The monoisotopic (exact) mass is 678 g/mol. The molecule has 2 fully saturated rings. The van der Waals surface area contributed by atoms with Gasteiger partial charge in [0, 0.05) is 87.5 Å². The van der Waals surface area contributed by atoms with Gasteiger partial charge in [-0.15, -0.1) is 0 Å². The molecule has 4 aliphatic rings. The number of likely N-dealkylation sites (tertiary alicyclic amines) is 2. The third kappa shape index (κ3) is 8.88. The van der Waals surface area contributed by atoms with E-state index in [2.05, 4.69) is 74.2 Å². The lowest BCUT2D eigenvalue weighted by atomic mass is 9.88. The van der Waals surface area contributed by atoms with Gasteiger partial charge in [-0.2, -0.15) is 0 Å². The molecule has 266 valence electrons. The highest BCUT2D eigenvalue weighted by Gasteiger charge is 2.29. The van der Waals surface area contributed by atoms with Gasteiger partial charge in [-0.1, -0.05) is 82.1 Å². The van der Waals surface area contributed by atoms with Gasteiger partial charge in [0.05, 0.1) is 0 Å². The number of aliphatic imine (C=N–C) groups is 2. The van der Waals surface area contributed by atoms with Crippen LogP contribution in [-0.4, -0.2) is 65.4 Å². The van der Waals surface area contributed by atoms with Gasteiger partial charge in [-0.05, 0) is 77.8 Å². The van der Waals surface area contributed by atoms with Crippen LogP contribution in [0.2, 0.25) is 0 Å². The molecule has 4 aliphatic heterocycles. The van der Waals surface area contributed by atoms with Crippen molar-refractivity contribution in [2.24, 2.45) is 27.7 Å². The molecule has 0 bridgehead atoms. The summed E-state index contributed by atoms with van der Waals surface area (Å²) in [5, 5.41) is 0. The summed E-state index contributed by atoms with van der Waals surface area (Å²) >= 11 is 0. The maximum absolute atomic E-state index is 13.6. The van der Waals surface area contributed by atoms with E-state index < -0.39 is 6.17 Å². The Kier molecular flexibility index (Phi) is 12.1. The smallest absolute Gasteiger partial charge is 0.223 e. The Labute approximate surface area is 298 Å². The summed E-state index contributed by atoms with van der Waals surface area (Å²) in [5.74, 6) is 1.48. The van der Waals surface area contributed by atoms with Crippen LogP contribution >= 0.6 is 0 Å². The fourth-order valence-electron chi connectivity index (χ4n) is 8.01. The molecule has 0 spiro atoms. The molecule has 4 heterocycles. The van der Waals surface area contributed by atoms with Gasteiger partial charge >= 0.3 is 0 Å². The van der Waals surface area contributed by atoms with Crippen LogP contribution in [0.3, 0.4) is 0 Å². The number of amides is 2. The van der Waals surface area contributed by atoms with Crippen molar-refractivity contribution >= 4 is 34.4 Å². The number of nitrogens with zero attached hydrogens (tertiary/aromatic N) is 4. The summed E-state index contributed by atoms with van der Waals surface area (Å²) in [6, 6.07) is 17.5. The van der Waals surface area contributed by atoms with E-state index in [0.717, 1.165) is 92.9 Å². The number of benzene rings is 2. The van der Waals surface area contributed by atoms with Crippen LogP contribution in [0, 0.1) is 17.8 Å². The summed E-state index contributed by atoms with van der Waals surface area (Å²) in [6.07, 6.45) is 12.9. The number of rotatable bonds is 13. The Morgan fingerprint density at radius 2 is 1.04 bits per heavy atom. The molecular formula is C43H55FN4O2. The first kappa shape index (κ1) is 35.9. The molecule has 0 N–H and O–H groups in total. The quantitative estimate of drug-likeness (QED) is 0.212. The number of halogens is 1. The van der Waals surface area contributed by atoms with E-state index in [9.17, 15) is 14.0 Å². The van der Waals surface area contributed by atoms with E-state index in [1.54, 1.807) is 0 Å². The van der Waals surface area contributed by atoms with Crippen LogP contribution in [0.1, 0.15) is 109 Å². The summed E-state index contributed by atoms with van der Waals surface area (Å²) in [5.41, 5.74) is 9.32. The van der Waals surface area contributed by atoms with Gasteiger partial charge in [0.25, 0.3) is 0 Å². The molecule has 0 radical (unpaired) electrons. The average molecular weight is 679 g/mol. The zero-order valence-electron chi connectivity index (χ0n) is 30.4. The van der Waals surface area contributed by atoms with Crippen LogP contribution in [0.25, 0.3) is 22.3 Å². The molecule has 0 unspecified atom stereocenters. The topological polar surface area (TPSA) is 65.3 Å². The summed E-state index contributed by atoms with van der Waals surface area (Å²) < 4.78 is 13.6. The summed E-state index contributed by atoms with van der Waals surface area (Å²) in [7, 11) is 0. The zero-order valence-corrected chi connectivity index (χ0v) is 30.4. The molecule has 0 aromatic heterocycles. The fraction of sp³-hybridized carbons (Fsp3) is 0.535. The number of alkyl halides is 1. The van der Waals surface area contributed by atoms with Crippen LogP contribution in [0.4, 0.5) is 4.39 Å². The van der Waals surface area contributed by atoms with Gasteiger partial charge in [-0.3, -0.25) is 19.6 Å². The Balaban J connectivity index is 1.01. The van der Waals surface area contributed by atoms with E-state index in [4.69, 9.17) is 9.98 Å². The number of carbonyl (C=O) groups excluding carboxylic acids is 2. The molecule has 2 aromatic rings.